The maximum Gasteiger partial charge on any atom is 0.260 e. The van der Waals surface area contributed by atoms with Gasteiger partial charge in [-0.15, -0.1) is 0 Å². The van der Waals surface area contributed by atoms with Gasteiger partial charge in [-0.1, -0.05) is 6.92 Å². The summed E-state index contributed by atoms with van der Waals surface area (Å²) in [5.74, 6) is 0.130. The number of halogens is 1. The van der Waals surface area contributed by atoms with E-state index in [2.05, 4.69) is 5.32 Å². The second kappa shape index (κ2) is 7.85. The van der Waals surface area contributed by atoms with E-state index >= 15 is 0 Å². The molecule has 0 heterocycles. The normalized spacial score (nSPS) is 12.1. The molecule has 0 spiro atoms. The van der Waals surface area contributed by atoms with Crippen LogP contribution in [-0.2, 0) is 4.79 Å². The van der Waals surface area contributed by atoms with Gasteiger partial charge in [0.15, 0.2) is 6.61 Å². The van der Waals surface area contributed by atoms with Crippen molar-refractivity contribution in [3.63, 3.8) is 0 Å². The molecule has 0 aliphatic carbocycles. The fourth-order valence-electron chi connectivity index (χ4n) is 1.83. The molecule has 0 aromatic heterocycles. The topological polar surface area (TPSA) is 41.6 Å². The number of amides is 1. The Morgan fingerprint density at radius 2 is 2.15 bits per heavy atom. The second-order valence-electron chi connectivity index (χ2n) is 4.66. The van der Waals surface area contributed by atoms with E-state index < -0.39 is 0 Å². The summed E-state index contributed by atoms with van der Waals surface area (Å²) in [5.41, 5.74) is 0.721. The number of ether oxygens (including phenoxy) is 1. The van der Waals surface area contributed by atoms with Gasteiger partial charge in [0.25, 0.3) is 5.91 Å². The number of hydrogen-bond acceptors (Lipinski definition) is 3. The first-order chi connectivity index (χ1) is 9.49. The highest BCUT2D eigenvalue weighted by atomic mass is 19.1. The first-order valence-corrected chi connectivity index (χ1v) is 6.89. The minimum Gasteiger partial charge on any atom is -0.483 e. The van der Waals surface area contributed by atoms with Crippen molar-refractivity contribution >= 4 is 5.91 Å². The summed E-state index contributed by atoms with van der Waals surface area (Å²) >= 11 is 0. The lowest BCUT2D eigenvalue weighted by Crippen LogP contribution is -2.31. The average molecular weight is 282 g/mol. The van der Waals surface area contributed by atoms with Crippen molar-refractivity contribution in [2.75, 3.05) is 26.7 Å². The van der Waals surface area contributed by atoms with E-state index in [0.29, 0.717) is 12.3 Å². The molecule has 4 nitrogen and oxygen atoms in total. The molecule has 1 amide bonds. The van der Waals surface area contributed by atoms with E-state index in [1.807, 2.05) is 20.8 Å². The van der Waals surface area contributed by atoms with Crippen molar-refractivity contribution in [1.29, 1.82) is 0 Å². The highest BCUT2D eigenvalue weighted by molar-refractivity contribution is 5.77. The van der Waals surface area contributed by atoms with Crippen molar-refractivity contribution in [3.05, 3.63) is 29.6 Å². The maximum absolute atomic E-state index is 13.4. The monoisotopic (exact) mass is 282 g/mol. The number of likely N-dealkylation sites (N-methyl/N-ethyl adjacent to an activating group) is 1. The molecule has 0 radical (unpaired) electrons. The van der Waals surface area contributed by atoms with Gasteiger partial charge >= 0.3 is 0 Å². The van der Waals surface area contributed by atoms with Crippen molar-refractivity contribution in [2.24, 2.45) is 0 Å². The number of carbonyl (C=O) groups excluding carboxylic acids is 1. The SMILES string of the molecule is CCNC(C)c1cc(F)ccc1OCC(=O)N(C)CC. The van der Waals surface area contributed by atoms with E-state index in [9.17, 15) is 9.18 Å². The van der Waals surface area contributed by atoms with Crippen LogP contribution in [0.1, 0.15) is 32.4 Å². The zero-order chi connectivity index (χ0) is 15.1. The van der Waals surface area contributed by atoms with Crippen LogP contribution in [0.25, 0.3) is 0 Å². The Morgan fingerprint density at radius 1 is 1.45 bits per heavy atom. The minimum atomic E-state index is -0.311. The Kier molecular flexibility index (Phi) is 6.45. The van der Waals surface area contributed by atoms with Gasteiger partial charge < -0.3 is 15.0 Å². The van der Waals surface area contributed by atoms with Crippen LogP contribution in [0.15, 0.2) is 18.2 Å². The smallest absolute Gasteiger partial charge is 0.260 e. The average Bonchev–Trinajstić information content (AvgIpc) is 2.44. The van der Waals surface area contributed by atoms with Gasteiger partial charge in [-0.2, -0.15) is 0 Å². The van der Waals surface area contributed by atoms with Gasteiger partial charge in [-0.25, -0.2) is 4.39 Å². The molecule has 1 N–H and O–H groups in total. The van der Waals surface area contributed by atoms with Crippen molar-refractivity contribution in [3.8, 4) is 5.75 Å². The third kappa shape index (κ3) is 4.49. The number of hydrogen-bond donors (Lipinski definition) is 1. The lowest BCUT2D eigenvalue weighted by molar-refractivity contribution is -0.131. The zero-order valence-electron chi connectivity index (χ0n) is 12.6. The standard InChI is InChI=1S/C15H23FN2O2/c1-5-17-11(3)13-9-12(16)7-8-14(13)20-10-15(19)18(4)6-2/h7-9,11,17H,5-6,10H2,1-4H3. The van der Waals surface area contributed by atoms with E-state index in [1.54, 1.807) is 18.0 Å². The first-order valence-electron chi connectivity index (χ1n) is 6.89. The number of carbonyl (C=O) groups is 1. The van der Waals surface area contributed by atoms with E-state index in [4.69, 9.17) is 4.74 Å². The zero-order valence-corrected chi connectivity index (χ0v) is 12.6. The number of nitrogens with one attached hydrogen (secondary N) is 1. The molecular weight excluding hydrogens is 259 g/mol. The van der Waals surface area contributed by atoms with Crippen molar-refractivity contribution in [2.45, 2.75) is 26.8 Å². The summed E-state index contributed by atoms with van der Waals surface area (Å²) in [5, 5.41) is 3.21. The van der Waals surface area contributed by atoms with E-state index in [1.165, 1.54) is 12.1 Å². The molecule has 0 aliphatic heterocycles. The molecule has 112 valence electrons. The molecule has 1 rings (SSSR count). The fourth-order valence-corrected chi connectivity index (χ4v) is 1.83. The molecule has 5 heteroatoms. The van der Waals surface area contributed by atoms with Gasteiger partial charge in [0.2, 0.25) is 0 Å². The summed E-state index contributed by atoms with van der Waals surface area (Å²) in [4.78, 5) is 13.3. The van der Waals surface area contributed by atoms with Gasteiger partial charge in [-0.05, 0) is 38.6 Å². The summed E-state index contributed by atoms with van der Waals surface area (Å²) < 4.78 is 18.9. The van der Waals surface area contributed by atoms with Crippen molar-refractivity contribution < 1.29 is 13.9 Å². The molecule has 0 bridgehead atoms. The minimum absolute atomic E-state index is 0.0373. The van der Waals surface area contributed by atoms with Gasteiger partial charge in [0, 0.05) is 25.2 Å². The molecule has 0 saturated heterocycles. The lowest BCUT2D eigenvalue weighted by Gasteiger charge is -2.19. The summed E-state index contributed by atoms with van der Waals surface area (Å²) in [6.07, 6.45) is 0. The van der Waals surface area contributed by atoms with Gasteiger partial charge in [0.1, 0.15) is 11.6 Å². The molecular formula is C15H23FN2O2. The molecule has 1 aromatic rings. The molecule has 20 heavy (non-hydrogen) atoms. The van der Waals surface area contributed by atoms with E-state index in [0.717, 1.165) is 12.1 Å². The van der Waals surface area contributed by atoms with Crippen molar-refractivity contribution in [1.82, 2.24) is 10.2 Å². The van der Waals surface area contributed by atoms with Crippen LogP contribution in [0.3, 0.4) is 0 Å². The maximum atomic E-state index is 13.4. The summed E-state index contributed by atoms with van der Waals surface area (Å²) in [7, 11) is 1.72. The lowest BCUT2D eigenvalue weighted by atomic mass is 10.1. The number of nitrogens with zero attached hydrogens (tertiary/aromatic N) is 1. The quantitative estimate of drug-likeness (QED) is 0.834. The third-order valence-electron chi connectivity index (χ3n) is 3.20. The largest absolute Gasteiger partial charge is 0.483 e. The Morgan fingerprint density at radius 3 is 2.75 bits per heavy atom. The van der Waals surface area contributed by atoms with Crippen LogP contribution in [-0.4, -0.2) is 37.6 Å². The number of rotatable bonds is 7. The Hall–Kier alpha value is -1.62. The highest BCUT2D eigenvalue weighted by Gasteiger charge is 2.14. The second-order valence-corrected chi connectivity index (χ2v) is 4.66. The Bertz CT molecular complexity index is 451. The summed E-state index contributed by atoms with van der Waals surface area (Å²) in [6, 6.07) is 4.31. The third-order valence-corrected chi connectivity index (χ3v) is 3.20. The number of benzene rings is 1. The van der Waals surface area contributed by atoms with Crippen LogP contribution >= 0.6 is 0 Å². The molecule has 1 aromatic carbocycles. The Balaban J connectivity index is 2.81. The van der Waals surface area contributed by atoms with Crippen LogP contribution in [0.5, 0.6) is 5.75 Å². The molecule has 0 saturated carbocycles. The van der Waals surface area contributed by atoms with E-state index in [-0.39, 0.29) is 24.4 Å². The Labute approximate surface area is 119 Å². The molecule has 1 unspecified atom stereocenters. The highest BCUT2D eigenvalue weighted by Crippen LogP contribution is 2.26. The van der Waals surface area contributed by atoms with Crippen LogP contribution < -0.4 is 10.1 Å². The molecule has 1 atom stereocenters. The summed E-state index contributed by atoms with van der Waals surface area (Å²) in [6.45, 7) is 7.18. The first kappa shape index (κ1) is 16.4. The van der Waals surface area contributed by atoms with Gasteiger partial charge in [-0.3, -0.25) is 4.79 Å². The molecule has 0 fully saturated rings. The predicted octanol–water partition coefficient (Wildman–Crippen LogP) is 2.35. The fraction of sp³-hybridized carbons (Fsp3) is 0.533. The van der Waals surface area contributed by atoms with Gasteiger partial charge in [0.05, 0.1) is 0 Å². The van der Waals surface area contributed by atoms with Crippen LogP contribution in [0.4, 0.5) is 4.39 Å². The molecule has 0 aliphatic rings. The van der Waals surface area contributed by atoms with Crippen LogP contribution in [0, 0.1) is 5.82 Å². The predicted molar refractivity (Wildman–Crippen MR) is 77.3 cm³/mol. The van der Waals surface area contributed by atoms with Crippen LogP contribution in [0.2, 0.25) is 0 Å².